The van der Waals surface area contributed by atoms with Crippen molar-refractivity contribution in [3.63, 3.8) is 0 Å². The number of aromatic nitrogens is 2. The molecule has 2 aromatic rings. The number of nitrogens with zero attached hydrogens (tertiary/aromatic N) is 2. The molecule has 1 aromatic carbocycles. The van der Waals surface area contributed by atoms with Crippen LogP contribution in [0.25, 0.3) is 0 Å². The van der Waals surface area contributed by atoms with Crippen molar-refractivity contribution in [1.29, 1.82) is 0 Å². The second-order valence-electron chi connectivity index (χ2n) is 2.24. The highest BCUT2D eigenvalue weighted by Crippen LogP contribution is 2.11. The van der Waals surface area contributed by atoms with E-state index in [9.17, 15) is 0 Å². The Labute approximate surface area is 69.2 Å². The number of anilines is 2. The first kappa shape index (κ1) is 6.84. The van der Waals surface area contributed by atoms with Crippen molar-refractivity contribution in [2.75, 3.05) is 5.32 Å². The molecule has 2 rings (SSSR count). The number of rotatable bonds is 2. The quantitative estimate of drug-likeness (QED) is 0.729. The first-order valence-electron chi connectivity index (χ1n) is 3.54. The first-order chi connectivity index (χ1) is 5.95. The molecule has 4 nitrogen and oxygen atoms in total. The molecule has 4 heteroatoms. The Morgan fingerprint density at radius 3 is 2.67 bits per heavy atom. The van der Waals surface area contributed by atoms with Crippen LogP contribution in [0, 0.1) is 0 Å². The molecule has 1 heterocycles. The zero-order valence-corrected chi connectivity index (χ0v) is 6.27. The minimum Gasteiger partial charge on any atom is -0.315 e. The molecule has 1 aromatic heterocycles. The van der Waals surface area contributed by atoms with E-state index in [2.05, 4.69) is 15.5 Å². The molecule has 12 heavy (non-hydrogen) atoms. The van der Waals surface area contributed by atoms with Gasteiger partial charge in [0.2, 0.25) is 0 Å². The highest BCUT2D eigenvalue weighted by atomic mass is 16.5. The van der Waals surface area contributed by atoms with Gasteiger partial charge in [-0.05, 0) is 12.1 Å². The van der Waals surface area contributed by atoms with Crippen LogP contribution >= 0.6 is 0 Å². The highest BCUT2D eigenvalue weighted by molar-refractivity contribution is 5.50. The SMILES string of the molecule is c1ccc(Nc2ncno2)cc1. The molecule has 0 atom stereocenters. The Kier molecular flexibility index (Phi) is 1.74. The maximum atomic E-state index is 4.77. The van der Waals surface area contributed by atoms with Crippen LogP contribution in [0.3, 0.4) is 0 Å². The van der Waals surface area contributed by atoms with Crippen molar-refractivity contribution in [2.24, 2.45) is 0 Å². The molecule has 0 aliphatic rings. The number of para-hydroxylation sites is 1. The van der Waals surface area contributed by atoms with Gasteiger partial charge in [-0.25, -0.2) is 0 Å². The fourth-order valence-corrected chi connectivity index (χ4v) is 0.873. The summed E-state index contributed by atoms with van der Waals surface area (Å²) in [4.78, 5) is 3.82. The Balaban J connectivity index is 2.15. The van der Waals surface area contributed by atoms with Crippen LogP contribution < -0.4 is 5.32 Å². The molecule has 60 valence electrons. The standard InChI is InChI=1S/C8H7N3O/c1-2-4-7(5-3-1)11-8-9-6-10-12-8/h1-6H,(H,9,10,11). The third-order valence-corrected chi connectivity index (χ3v) is 1.39. The summed E-state index contributed by atoms with van der Waals surface area (Å²) in [5.74, 6) is 0. The van der Waals surface area contributed by atoms with Gasteiger partial charge in [0.1, 0.15) is 0 Å². The monoisotopic (exact) mass is 161 g/mol. The van der Waals surface area contributed by atoms with Gasteiger partial charge in [-0.2, -0.15) is 4.98 Å². The molecular formula is C8H7N3O. The lowest BCUT2D eigenvalue weighted by Crippen LogP contribution is -1.88. The summed E-state index contributed by atoms with van der Waals surface area (Å²) in [6.07, 6.45) is 1.35. The maximum Gasteiger partial charge on any atom is 0.325 e. The van der Waals surface area contributed by atoms with Crippen molar-refractivity contribution in [3.05, 3.63) is 36.7 Å². The second-order valence-corrected chi connectivity index (χ2v) is 2.24. The van der Waals surface area contributed by atoms with Gasteiger partial charge >= 0.3 is 6.01 Å². The second kappa shape index (κ2) is 3.04. The van der Waals surface area contributed by atoms with E-state index >= 15 is 0 Å². The van der Waals surface area contributed by atoms with Crippen LogP contribution in [-0.2, 0) is 0 Å². The smallest absolute Gasteiger partial charge is 0.315 e. The molecule has 0 amide bonds. The van der Waals surface area contributed by atoms with E-state index in [0.29, 0.717) is 6.01 Å². The zero-order valence-electron chi connectivity index (χ0n) is 6.27. The molecule has 0 fully saturated rings. The molecule has 0 radical (unpaired) electrons. The summed E-state index contributed by atoms with van der Waals surface area (Å²) in [5, 5.41) is 6.41. The minimum absolute atomic E-state index is 0.404. The third kappa shape index (κ3) is 1.42. The predicted molar refractivity (Wildman–Crippen MR) is 44.0 cm³/mol. The van der Waals surface area contributed by atoms with Crippen LogP contribution in [0.2, 0.25) is 0 Å². The lowest BCUT2D eigenvalue weighted by molar-refractivity contribution is 0.433. The molecule has 0 aliphatic heterocycles. The largest absolute Gasteiger partial charge is 0.325 e. The maximum absolute atomic E-state index is 4.77. The average Bonchev–Trinajstić information content (AvgIpc) is 2.59. The van der Waals surface area contributed by atoms with E-state index in [0.717, 1.165) is 5.69 Å². The summed E-state index contributed by atoms with van der Waals surface area (Å²) in [6.45, 7) is 0. The number of nitrogens with one attached hydrogen (secondary N) is 1. The van der Waals surface area contributed by atoms with Gasteiger partial charge in [-0.1, -0.05) is 23.4 Å². The van der Waals surface area contributed by atoms with Gasteiger partial charge < -0.3 is 9.84 Å². The van der Waals surface area contributed by atoms with Gasteiger partial charge in [-0.3, -0.25) is 0 Å². The molecule has 0 saturated heterocycles. The van der Waals surface area contributed by atoms with Crippen molar-refractivity contribution in [1.82, 2.24) is 10.1 Å². The van der Waals surface area contributed by atoms with Gasteiger partial charge in [0.25, 0.3) is 0 Å². The summed E-state index contributed by atoms with van der Waals surface area (Å²) < 4.78 is 4.77. The van der Waals surface area contributed by atoms with E-state index in [-0.39, 0.29) is 0 Å². The zero-order chi connectivity index (χ0) is 8.23. The Morgan fingerprint density at radius 1 is 1.17 bits per heavy atom. The van der Waals surface area contributed by atoms with E-state index in [1.807, 2.05) is 30.3 Å². The predicted octanol–water partition coefficient (Wildman–Crippen LogP) is 1.81. The van der Waals surface area contributed by atoms with Crippen LogP contribution in [0.15, 0.2) is 41.2 Å². The normalized spacial score (nSPS) is 9.67. The fourth-order valence-electron chi connectivity index (χ4n) is 0.873. The highest BCUT2D eigenvalue weighted by Gasteiger charge is 1.96. The number of hydrogen-bond donors (Lipinski definition) is 1. The summed E-state index contributed by atoms with van der Waals surface area (Å²) in [7, 11) is 0. The summed E-state index contributed by atoms with van der Waals surface area (Å²) in [5.41, 5.74) is 0.932. The van der Waals surface area contributed by atoms with Crippen LogP contribution in [0.5, 0.6) is 0 Å². The molecule has 0 bridgehead atoms. The Morgan fingerprint density at radius 2 is 2.00 bits per heavy atom. The first-order valence-corrected chi connectivity index (χ1v) is 3.54. The number of benzene rings is 1. The molecule has 0 saturated carbocycles. The van der Waals surface area contributed by atoms with Crippen molar-refractivity contribution < 1.29 is 4.52 Å². The van der Waals surface area contributed by atoms with Crippen LogP contribution in [-0.4, -0.2) is 10.1 Å². The topological polar surface area (TPSA) is 51.0 Å². The lowest BCUT2D eigenvalue weighted by atomic mass is 10.3. The van der Waals surface area contributed by atoms with Crippen molar-refractivity contribution >= 4 is 11.7 Å². The lowest BCUT2D eigenvalue weighted by Gasteiger charge is -1.97. The van der Waals surface area contributed by atoms with E-state index < -0.39 is 0 Å². The van der Waals surface area contributed by atoms with Crippen LogP contribution in [0.1, 0.15) is 0 Å². The van der Waals surface area contributed by atoms with Crippen molar-refractivity contribution in [3.8, 4) is 0 Å². The average molecular weight is 161 g/mol. The van der Waals surface area contributed by atoms with Gasteiger partial charge in [0.05, 0.1) is 0 Å². The van der Waals surface area contributed by atoms with Gasteiger partial charge in [-0.15, -0.1) is 0 Å². The van der Waals surface area contributed by atoms with E-state index in [4.69, 9.17) is 4.52 Å². The third-order valence-electron chi connectivity index (χ3n) is 1.39. The van der Waals surface area contributed by atoms with Crippen molar-refractivity contribution in [2.45, 2.75) is 0 Å². The van der Waals surface area contributed by atoms with Gasteiger partial charge in [0, 0.05) is 5.69 Å². The van der Waals surface area contributed by atoms with E-state index in [1.54, 1.807) is 0 Å². The summed E-state index contributed by atoms with van der Waals surface area (Å²) >= 11 is 0. The number of hydrogen-bond acceptors (Lipinski definition) is 4. The molecule has 0 unspecified atom stereocenters. The Hall–Kier alpha value is -1.84. The van der Waals surface area contributed by atoms with E-state index in [1.165, 1.54) is 6.33 Å². The minimum atomic E-state index is 0.404. The Bertz CT molecular complexity index is 330. The van der Waals surface area contributed by atoms with Gasteiger partial charge in [0.15, 0.2) is 6.33 Å². The molecule has 0 aliphatic carbocycles. The fraction of sp³-hybridized carbons (Fsp3) is 0. The van der Waals surface area contributed by atoms with Crippen LogP contribution in [0.4, 0.5) is 11.7 Å². The molecule has 0 spiro atoms. The molecular weight excluding hydrogens is 154 g/mol. The molecule has 1 N–H and O–H groups in total. The summed E-state index contributed by atoms with van der Waals surface area (Å²) in [6, 6.07) is 10.0.